The van der Waals surface area contributed by atoms with E-state index in [1.165, 1.54) is 28.5 Å². The van der Waals surface area contributed by atoms with Crippen molar-refractivity contribution in [1.29, 1.82) is 0 Å². The van der Waals surface area contributed by atoms with E-state index in [4.69, 9.17) is 5.10 Å². The van der Waals surface area contributed by atoms with E-state index in [2.05, 4.69) is 15.4 Å². The summed E-state index contributed by atoms with van der Waals surface area (Å²) in [5, 5.41) is 21.4. The Hall–Kier alpha value is -4.28. The molecule has 0 atom stereocenters. The van der Waals surface area contributed by atoms with Crippen LogP contribution in [-0.2, 0) is 17.9 Å². The van der Waals surface area contributed by atoms with E-state index in [9.17, 15) is 19.1 Å². The van der Waals surface area contributed by atoms with Crippen molar-refractivity contribution in [3.63, 3.8) is 0 Å². The monoisotopic (exact) mass is 435 g/mol. The molecule has 0 fully saturated rings. The van der Waals surface area contributed by atoms with E-state index in [0.717, 1.165) is 0 Å². The highest BCUT2D eigenvalue weighted by Gasteiger charge is 2.28. The average Bonchev–Trinajstić information content (AvgIpc) is 3.33. The second kappa shape index (κ2) is 7.45. The Morgan fingerprint density at radius 3 is 2.59 bits per heavy atom. The van der Waals surface area contributed by atoms with Crippen LogP contribution in [0.2, 0.25) is 0 Å². The number of benzene rings is 1. The van der Waals surface area contributed by atoms with Crippen molar-refractivity contribution in [3.05, 3.63) is 54.1 Å². The zero-order chi connectivity index (χ0) is 22.4. The third kappa shape index (κ3) is 3.43. The molecule has 1 aromatic carbocycles. The van der Waals surface area contributed by atoms with Crippen molar-refractivity contribution in [1.82, 2.24) is 29.3 Å². The predicted molar refractivity (Wildman–Crippen MR) is 112 cm³/mol. The Morgan fingerprint density at radius 2 is 1.88 bits per heavy atom. The van der Waals surface area contributed by atoms with Gasteiger partial charge in [-0.25, -0.2) is 18.7 Å². The quantitative estimate of drug-likeness (QED) is 0.511. The fourth-order valence-electron chi connectivity index (χ4n) is 3.82. The molecule has 0 saturated carbocycles. The minimum Gasteiger partial charge on any atom is -0.465 e. The second-order valence-electron chi connectivity index (χ2n) is 7.43. The minimum atomic E-state index is -1.01. The van der Waals surface area contributed by atoms with Crippen LogP contribution in [0.1, 0.15) is 12.6 Å². The summed E-state index contributed by atoms with van der Waals surface area (Å²) in [5.74, 6) is -0.235. The maximum absolute atomic E-state index is 13.5. The molecule has 10 nitrogen and oxygen atoms in total. The maximum Gasteiger partial charge on any atom is 0.407 e. The minimum absolute atomic E-state index is 0.152. The Balaban J connectivity index is 1.67. The zero-order valence-electron chi connectivity index (χ0n) is 17.0. The van der Waals surface area contributed by atoms with Gasteiger partial charge in [0.1, 0.15) is 11.5 Å². The van der Waals surface area contributed by atoms with E-state index in [1.54, 1.807) is 35.1 Å². The molecule has 0 bridgehead atoms. The van der Waals surface area contributed by atoms with Crippen LogP contribution >= 0.6 is 0 Å². The normalized spacial score (nSPS) is 13.2. The lowest BCUT2D eigenvalue weighted by molar-refractivity contribution is -0.114. The maximum atomic E-state index is 13.5. The predicted octanol–water partition coefficient (Wildman–Crippen LogP) is 2.85. The van der Waals surface area contributed by atoms with Gasteiger partial charge in [-0.15, -0.1) is 0 Å². The SMILES string of the molecule is CC(=O)Nc1cn2nc(-c3c(-c4ccc(F)cc4)nn4c3CN(C(=O)O)CC4)ccc2n1. The Bertz CT molecular complexity index is 1360. The summed E-state index contributed by atoms with van der Waals surface area (Å²) in [4.78, 5) is 28.6. The molecule has 2 N–H and O–H groups in total. The molecule has 11 heteroatoms. The molecule has 1 aliphatic heterocycles. The van der Waals surface area contributed by atoms with Crippen LogP contribution in [0.5, 0.6) is 0 Å². The molecule has 0 unspecified atom stereocenters. The third-order valence-electron chi connectivity index (χ3n) is 5.25. The number of fused-ring (bicyclic) bond motifs is 2. The molecular weight excluding hydrogens is 417 g/mol. The molecule has 0 saturated heterocycles. The Morgan fingerprint density at radius 1 is 1.09 bits per heavy atom. The number of nitrogens with zero attached hydrogens (tertiary/aromatic N) is 6. The van der Waals surface area contributed by atoms with Gasteiger partial charge in [-0.3, -0.25) is 9.48 Å². The van der Waals surface area contributed by atoms with Gasteiger partial charge in [-0.1, -0.05) is 0 Å². The number of amides is 2. The molecule has 2 amide bonds. The van der Waals surface area contributed by atoms with Gasteiger partial charge in [0.25, 0.3) is 0 Å². The zero-order valence-corrected chi connectivity index (χ0v) is 17.0. The van der Waals surface area contributed by atoms with Gasteiger partial charge in [-0.2, -0.15) is 10.2 Å². The molecule has 162 valence electrons. The van der Waals surface area contributed by atoms with Gasteiger partial charge in [0.2, 0.25) is 5.91 Å². The van der Waals surface area contributed by atoms with Gasteiger partial charge in [-0.05, 0) is 36.4 Å². The fraction of sp³-hybridized carbons (Fsp3) is 0.190. The number of imidazole rings is 1. The lowest BCUT2D eigenvalue weighted by Gasteiger charge is -2.25. The van der Waals surface area contributed by atoms with Gasteiger partial charge >= 0.3 is 6.09 Å². The summed E-state index contributed by atoms with van der Waals surface area (Å²) in [6, 6.07) is 9.49. The average molecular weight is 435 g/mol. The lowest BCUT2D eigenvalue weighted by Crippen LogP contribution is -2.37. The van der Waals surface area contributed by atoms with Crippen molar-refractivity contribution >= 4 is 23.5 Å². The van der Waals surface area contributed by atoms with Crippen molar-refractivity contribution in [2.24, 2.45) is 0 Å². The van der Waals surface area contributed by atoms with E-state index >= 15 is 0 Å². The Labute approximate surface area is 180 Å². The van der Waals surface area contributed by atoms with Crippen LogP contribution in [0.4, 0.5) is 15.0 Å². The van der Waals surface area contributed by atoms with E-state index < -0.39 is 6.09 Å². The molecule has 5 rings (SSSR count). The topological polar surface area (TPSA) is 118 Å². The van der Waals surface area contributed by atoms with Crippen LogP contribution in [0.3, 0.4) is 0 Å². The van der Waals surface area contributed by atoms with Crippen molar-refractivity contribution in [2.45, 2.75) is 20.0 Å². The largest absolute Gasteiger partial charge is 0.465 e. The van der Waals surface area contributed by atoms with Gasteiger partial charge in [0, 0.05) is 19.0 Å². The molecule has 4 heterocycles. The van der Waals surface area contributed by atoms with Crippen LogP contribution in [-0.4, -0.2) is 52.9 Å². The van der Waals surface area contributed by atoms with Crippen LogP contribution in [0, 0.1) is 5.82 Å². The molecule has 4 aromatic rings. The highest BCUT2D eigenvalue weighted by Crippen LogP contribution is 2.35. The lowest BCUT2D eigenvalue weighted by atomic mass is 10.0. The molecule has 0 aliphatic carbocycles. The fourth-order valence-corrected chi connectivity index (χ4v) is 3.82. The van der Waals surface area contributed by atoms with Crippen LogP contribution in [0.15, 0.2) is 42.6 Å². The first-order chi connectivity index (χ1) is 15.4. The molecule has 1 aliphatic rings. The summed E-state index contributed by atoms with van der Waals surface area (Å²) in [5.41, 5.74) is 3.73. The highest BCUT2D eigenvalue weighted by molar-refractivity contribution is 5.88. The van der Waals surface area contributed by atoms with Crippen molar-refractivity contribution in [2.75, 3.05) is 11.9 Å². The number of hydrogen-bond acceptors (Lipinski definition) is 5. The molecule has 3 aromatic heterocycles. The molecule has 0 radical (unpaired) electrons. The number of carbonyl (C=O) groups excluding carboxylic acids is 1. The van der Waals surface area contributed by atoms with E-state index in [1.807, 2.05) is 0 Å². The van der Waals surface area contributed by atoms with Crippen molar-refractivity contribution in [3.8, 4) is 22.5 Å². The first kappa shape index (κ1) is 19.7. The number of nitrogens with one attached hydrogen (secondary N) is 1. The highest BCUT2D eigenvalue weighted by atomic mass is 19.1. The Kier molecular flexibility index (Phi) is 4.58. The van der Waals surface area contributed by atoms with Gasteiger partial charge in [0.15, 0.2) is 11.5 Å². The smallest absolute Gasteiger partial charge is 0.407 e. The first-order valence-electron chi connectivity index (χ1n) is 9.87. The summed E-state index contributed by atoms with van der Waals surface area (Å²) < 4.78 is 16.8. The van der Waals surface area contributed by atoms with Gasteiger partial charge < -0.3 is 15.3 Å². The number of carboxylic acid groups (broad SMARTS) is 1. The number of anilines is 1. The standard InChI is InChI=1S/C21H18FN7O3/c1-12(30)23-17-11-29-18(24-17)7-6-15(25-29)19-16-10-27(21(31)32)8-9-28(16)26-20(19)13-2-4-14(22)5-3-13/h2-7,11H,8-10H2,1H3,(H,23,30)(H,31,32). The number of halogens is 1. The number of rotatable bonds is 3. The number of hydrogen-bond donors (Lipinski definition) is 2. The van der Waals surface area contributed by atoms with Crippen molar-refractivity contribution < 1.29 is 19.1 Å². The summed E-state index contributed by atoms with van der Waals surface area (Å²) in [6.45, 7) is 2.26. The first-order valence-corrected chi connectivity index (χ1v) is 9.87. The van der Waals surface area contributed by atoms with Crippen LogP contribution < -0.4 is 5.32 Å². The van der Waals surface area contributed by atoms with Crippen LogP contribution in [0.25, 0.3) is 28.2 Å². The van der Waals surface area contributed by atoms with E-state index in [0.29, 0.717) is 52.8 Å². The van der Waals surface area contributed by atoms with Gasteiger partial charge in [0.05, 0.1) is 36.2 Å². The molecular formula is C21H18FN7O3. The number of carbonyl (C=O) groups is 2. The summed E-state index contributed by atoms with van der Waals surface area (Å²) in [7, 11) is 0. The summed E-state index contributed by atoms with van der Waals surface area (Å²) >= 11 is 0. The molecule has 0 spiro atoms. The third-order valence-corrected chi connectivity index (χ3v) is 5.25. The second-order valence-corrected chi connectivity index (χ2v) is 7.43. The van der Waals surface area contributed by atoms with E-state index in [-0.39, 0.29) is 18.3 Å². The number of aromatic nitrogens is 5. The summed E-state index contributed by atoms with van der Waals surface area (Å²) in [6.07, 6.45) is 0.585. The molecule has 32 heavy (non-hydrogen) atoms.